The summed E-state index contributed by atoms with van der Waals surface area (Å²) in [6.07, 6.45) is 4.06. The lowest BCUT2D eigenvalue weighted by atomic mass is 10.2. The molecular formula is C17H23N7O. The molecule has 0 saturated carbocycles. The van der Waals surface area contributed by atoms with Crippen molar-refractivity contribution in [2.75, 3.05) is 18.8 Å². The van der Waals surface area contributed by atoms with Crippen LogP contribution in [0.5, 0.6) is 0 Å². The minimum Gasteiger partial charge on any atom is -0.383 e. The molecule has 25 heavy (non-hydrogen) atoms. The number of guanidine groups is 1. The van der Waals surface area contributed by atoms with Crippen molar-refractivity contribution >= 4 is 17.9 Å². The molecule has 0 atom stereocenters. The predicted octanol–water partition coefficient (Wildman–Crippen LogP) is 0.211. The third kappa shape index (κ3) is 5.18. The molecule has 8 nitrogen and oxygen atoms in total. The van der Waals surface area contributed by atoms with E-state index in [9.17, 15) is 4.79 Å². The van der Waals surface area contributed by atoms with Gasteiger partial charge in [-0.2, -0.15) is 4.98 Å². The average Bonchev–Trinajstić information content (AvgIpc) is 2.58. The van der Waals surface area contributed by atoms with Crippen LogP contribution >= 0.6 is 0 Å². The number of nitrogens with zero attached hydrogens (tertiary/aromatic N) is 3. The van der Waals surface area contributed by atoms with Crippen LogP contribution < -0.4 is 28.2 Å². The number of rotatable bonds is 8. The summed E-state index contributed by atoms with van der Waals surface area (Å²) in [4.78, 5) is 19.7. The molecule has 2 aromatic rings. The van der Waals surface area contributed by atoms with Crippen LogP contribution in [0.4, 0.5) is 5.82 Å². The number of aliphatic imine (C=N–C) groups is 1. The van der Waals surface area contributed by atoms with Gasteiger partial charge in [-0.1, -0.05) is 24.8 Å². The van der Waals surface area contributed by atoms with Crippen LogP contribution in [0.15, 0.2) is 46.8 Å². The SMILES string of the molecule is C=Cc1cn(-c2ccc(CNCCCN=C(N)N)cc2)c(=O)nc1N. The topological polar surface area (TPSA) is 137 Å². The first-order valence-electron chi connectivity index (χ1n) is 7.88. The molecule has 132 valence electrons. The van der Waals surface area contributed by atoms with E-state index < -0.39 is 5.69 Å². The molecule has 0 aliphatic carbocycles. The highest BCUT2D eigenvalue weighted by Gasteiger charge is 2.05. The van der Waals surface area contributed by atoms with Gasteiger partial charge in [0, 0.05) is 24.8 Å². The van der Waals surface area contributed by atoms with Gasteiger partial charge in [0.25, 0.3) is 0 Å². The van der Waals surface area contributed by atoms with E-state index in [1.807, 2.05) is 24.3 Å². The Morgan fingerprint density at radius 2 is 2.04 bits per heavy atom. The Hall–Kier alpha value is -3.13. The van der Waals surface area contributed by atoms with Crippen molar-refractivity contribution in [3.05, 3.63) is 58.7 Å². The number of nitrogen functional groups attached to an aromatic ring is 1. The molecule has 7 N–H and O–H groups in total. The molecule has 0 radical (unpaired) electrons. The van der Waals surface area contributed by atoms with Crippen molar-refractivity contribution in [1.82, 2.24) is 14.9 Å². The number of nitrogens with two attached hydrogens (primary N) is 3. The Morgan fingerprint density at radius 3 is 2.68 bits per heavy atom. The zero-order chi connectivity index (χ0) is 18.2. The van der Waals surface area contributed by atoms with Crippen LogP contribution in [-0.4, -0.2) is 28.6 Å². The van der Waals surface area contributed by atoms with Crippen LogP contribution in [-0.2, 0) is 6.54 Å². The van der Waals surface area contributed by atoms with Crippen LogP contribution in [0.1, 0.15) is 17.5 Å². The standard InChI is InChI=1S/C17H23N7O/c1-2-13-11-24(17(25)23-15(13)18)14-6-4-12(5-7-14)10-21-8-3-9-22-16(19)20/h2,4-7,11,21H,1,3,8-10H2,(H2,18,23,25)(H4,19,20,22). The first kappa shape index (κ1) is 18.2. The maximum Gasteiger partial charge on any atom is 0.354 e. The van der Waals surface area contributed by atoms with Crippen molar-refractivity contribution in [1.29, 1.82) is 0 Å². The van der Waals surface area contributed by atoms with Gasteiger partial charge in [0.15, 0.2) is 5.96 Å². The van der Waals surface area contributed by atoms with E-state index in [1.165, 1.54) is 4.57 Å². The molecule has 0 saturated heterocycles. The summed E-state index contributed by atoms with van der Waals surface area (Å²) < 4.78 is 1.44. The number of hydrogen-bond acceptors (Lipinski definition) is 5. The molecule has 8 heteroatoms. The third-order valence-corrected chi connectivity index (χ3v) is 3.56. The van der Waals surface area contributed by atoms with Gasteiger partial charge in [-0.3, -0.25) is 9.56 Å². The molecule has 0 aliphatic heterocycles. The second kappa shape index (κ2) is 8.65. The average molecular weight is 341 g/mol. The zero-order valence-corrected chi connectivity index (χ0v) is 14.0. The predicted molar refractivity (Wildman–Crippen MR) is 101 cm³/mol. The lowest BCUT2D eigenvalue weighted by molar-refractivity contribution is 0.655. The van der Waals surface area contributed by atoms with Gasteiger partial charge in [0.05, 0.1) is 5.69 Å². The summed E-state index contributed by atoms with van der Waals surface area (Å²) in [5, 5.41) is 3.31. The van der Waals surface area contributed by atoms with Crippen molar-refractivity contribution in [3.8, 4) is 5.69 Å². The van der Waals surface area contributed by atoms with Crippen molar-refractivity contribution < 1.29 is 0 Å². The molecular weight excluding hydrogens is 318 g/mol. The fourth-order valence-corrected chi connectivity index (χ4v) is 2.24. The van der Waals surface area contributed by atoms with Gasteiger partial charge in [0.1, 0.15) is 5.82 Å². The molecule has 2 rings (SSSR count). The second-order valence-corrected chi connectivity index (χ2v) is 5.44. The minimum absolute atomic E-state index is 0.114. The third-order valence-electron chi connectivity index (χ3n) is 3.56. The van der Waals surface area contributed by atoms with Crippen LogP contribution in [0.2, 0.25) is 0 Å². The molecule has 1 heterocycles. The lowest BCUT2D eigenvalue weighted by Crippen LogP contribution is -2.23. The Kier molecular flexibility index (Phi) is 6.30. The number of nitrogens with one attached hydrogen (secondary N) is 1. The Labute approximate surface area is 146 Å². The van der Waals surface area contributed by atoms with E-state index in [4.69, 9.17) is 17.2 Å². The quantitative estimate of drug-likeness (QED) is 0.308. The van der Waals surface area contributed by atoms with Gasteiger partial charge in [-0.15, -0.1) is 0 Å². The smallest absolute Gasteiger partial charge is 0.354 e. The molecule has 0 amide bonds. The molecule has 0 spiro atoms. The van der Waals surface area contributed by atoms with Crippen LogP contribution in [0, 0.1) is 0 Å². The Morgan fingerprint density at radius 1 is 1.32 bits per heavy atom. The highest BCUT2D eigenvalue weighted by molar-refractivity contribution is 5.75. The fourth-order valence-electron chi connectivity index (χ4n) is 2.24. The molecule has 1 aromatic heterocycles. The van der Waals surface area contributed by atoms with Gasteiger partial charge in [-0.05, 0) is 30.7 Å². The lowest BCUT2D eigenvalue weighted by Gasteiger charge is -2.09. The molecule has 0 unspecified atom stereocenters. The van der Waals surface area contributed by atoms with E-state index in [0.29, 0.717) is 12.1 Å². The highest BCUT2D eigenvalue weighted by atomic mass is 16.1. The van der Waals surface area contributed by atoms with E-state index in [2.05, 4.69) is 21.9 Å². The maximum atomic E-state index is 12.0. The molecule has 0 fully saturated rings. The monoisotopic (exact) mass is 341 g/mol. The Balaban J connectivity index is 1.97. The largest absolute Gasteiger partial charge is 0.383 e. The van der Waals surface area contributed by atoms with Crippen molar-refractivity contribution in [2.24, 2.45) is 16.5 Å². The summed E-state index contributed by atoms with van der Waals surface area (Å²) in [6, 6.07) is 7.63. The number of benzene rings is 1. The van der Waals surface area contributed by atoms with Gasteiger partial charge < -0.3 is 22.5 Å². The van der Waals surface area contributed by atoms with Crippen molar-refractivity contribution in [2.45, 2.75) is 13.0 Å². The zero-order valence-electron chi connectivity index (χ0n) is 14.0. The first-order valence-corrected chi connectivity index (χ1v) is 7.88. The summed E-state index contributed by atoms with van der Waals surface area (Å²) in [7, 11) is 0. The van der Waals surface area contributed by atoms with E-state index in [0.717, 1.165) is 30.8 Å². The molecule has 1 aromatic carbocycles. The van der Waals surface area contributed by atoms with Gasteiger partial charge in [0.2, 0.25) is 0 Å². The summed E-state index contributed by atoms with van der Waals surface area (Å²) in [6.45, 7) is 5.80. The number of anilines is 1. The van der Waals surface area contributed by atoms with Gasteiger partial charge in [-0.25, -0.2) is 4.79 Å². The second-order valence-electron chi connectivity index (χ2n) is 5.44. The normalized spacial score (nSPS) is 10.4. The van der Waals surface area contributed by atoms with Crippen LogP contribution in [0.25, 0.3) is 11.8 Å². The minimum atomic E-state index is -0.422. The van der Waals surface area contributed by atoms with Crippen LogP contribution in [0.3, 0.4) is 0 Å². The summed E-state index contributed by atoms with van der Waals surface area (Å²) in [5.74, 6) is 0.292. The number of aromatic nitrogens is 2. The fraction of sp³-hybridized carbons (Fsp3) is 0.235. The van der Waals surface area contributed by atoms with Crippen molar-refractivity contribution in [3.63, 3.8) is 0 Å². The Bertz CT molecular complexity index is 805. The van der Waals surface area contributed by atoms with E-state index in [-0.39, 0.29) is 11.8 Å². The summed E-state index contributed by atoms with van der Waals surface area (Å²) in [5.41, 5.74) is 18.2. The molecule has 0 bridgehead atoms. The first-order chi connectivity index (χ1) is 12.0. The highest BCUT2D eigenvalue weighted by Crippen LogP contribution is 2.12. The summed E-state index contributed by atoms with van der Waals surface area (Å²) >= 11 is 0. The number of hydrogen-bond donors (Lipinski definition) is 4. The maximum absolute atomic E-state index is 12.0. The van der Waals surface area contributed by atoms with E-state index >= 15 is 0 Å². The van der Waals surface area contributed by atoms with Gasteiger partial charge >= 0.3 is 5.69 Å². The molecule has 0 aliphatic rings. The van der Waals surface area contributed by atoms with E-state index in [1.54, 1.807) is 12.3 Å².